The van der Waals surface area contributed by atoms with E-state index in [4.69, 9.17) is 9.84 Å². The number of unbranched alkanes of at least 4 members (excludes halogenated alkanes) is 3. The van der Waals surface area contributed by atoms with Gasteiger partial charge in [-0.15, -0.1) is 0 Å². The Labute approximate surface area is 79.1 Å². The molecule has 0 aliphatic carbocycles. The van der Waals surface area contributed by atoms with Crippen molar-refractivity contribution in [1.29, 1.82) is 0 Å². The molecule has 3 heteroatoms. The lowest BCUT2D eigenvalue weighted by Gasteiger charge is -2.25. The summed E-state index contributed by atoms with van der Waals surface area (Å²) in [5.41, 5.74) is 0. The summed E-state index contributed by atoms with van der Waals surface area (Å²) >= 11 is 0. The third-order valence-corrected chi connectivity index (χ3v) is 2.46. The highest BCUT2D eigenvalue weighted by atomic mass is 16.5. The fraction of sp³-hybridized carbons (Fsp3) is 0.900. The van der Waals surface area contributed by atoms with Gasteiger partial charge in [0.1, 0.15) is 0 Å². The molecule has 1 heterocycles. The Morgan fingerprint density at radius 2 is 1.92 bits per heavy atom. The molecule has 1 rings (SSSR count). The third kappa shape index (κ3) is 4.88. The average Bonchev–Trinajstić information content (AvgIpc) is 1.99. The highest BCUT2D eigenvalue weighted by Gasteiger charge is 2.16. The van der Waals surface area contributed by atoms with Gasteiger partial charge in [-0.05, 0) is 12.8 Å². The van der Waals surface area contributed by atoms with Crippen molar-refractivity contribution >= 4 is 5.97 Å². The predicted molar refractivity (Wildman–Crippen MR) is 49.6 cm³/mol. The van der Waals surface area contributed by atoms with Crippen LogP contribution in [0.15, 0.2) is 0 Å². The van der Waals surface area contributed by atoms with E-state index < -0.39 is 5.97 Å². The van der Waals surface area contributed by atoms with Crippen molar-refractivity contribution in [2.75, 3.05) is 13.2 Å². The molecule has 0 atom stereocenters. The van der Waals surface area contributed by atoms with Crippen LogP contribution in [0, 0.1) is 5.92 Å². The highest BCUT2D eigenvalue weighted by molar-refractivity contribution is 5.66. The van der Waals surface area contributed by atoms with E-state index in [0.717, 1.165) is 32.0 Å². The largest absolute Gasteiger partial charge is 0.481 e. The van der Waals surface area contributed by atoms with E-state index in [2.05, 4.69) is 0 Å². The van der Waals surface area contributed by atoms with Crippen LogP contribution in [0.4, 0.5) is 0 Å². The zero-order valence-electron chi connectivity index (χ0n) is 8.00. The topological polar surface area (TPSA) is 46.5 Å². The number of hydrogen-bond acceptors (Lipinski definition) is 2. The van der Waals surface area contributed by atoms with Crippen LogP contribution in [0.5, 0.6) is 0 Å². The lowest BCUT2D eigenvalue weighted by atomic mass is 9.99. The van der Waals surface area contributed by atoms with Crippen molar-refractivity contribution in [3.8, 4) is 0 Å². The number of carboxylic acids is 1. The van der Waals surface area contributed by atoms with Crippen LogP contribution in [-0.4, -0.2) is 24.3 Å². The Morgan fingerprint density at radius 1 is 1.23 bits per heavy atom. The number of ether oxygens (including phenoxy) is 1. The summed E-state index contributed by atoms with van der Waals surface area (Å²) in [6.07, 6.45) is 5.87. The minimum atomic E-state index is -0.674. The standard InChI is InChI=1S/C10H18O3/c11-10(12)6-4-2-1-3-5-9-7-13-8-9/h9H,1-8H2,(H,11,12). The molecular formula is C10H18O3. The van der Waals surface area contributed by atoms with Gasteiger partial charge in [0, 0.05) is 12.3 Å². The van der Waals surface area contributed by atoms with E-state index in [1.54, 1.807) is 0 Å². The second-order valence-corrected chi connectivity index (χ2v) is 3.75. The molecule has 0 unspecified atom stereocenters. The minimum Gasteiger partial charge on any atom is -0.481 e. The van der Waals surface area contributed by atoms with Crippen LogP contribution in [0.2, 0.25) is 0 Å². The van der Waals surface area contributed by atoms with Gasteiger partial charge in [0.2, 0.25) is 0 Å². The maximum atomic E-state index is 10.2. The number of rotatable bonds is 7. The quantitative estimate of drug-likeness (QED) is 0.619. The monoisotopic (exact) mass is 186 g/mol. The Kier molecular flexibility index (Phi) is 4.83. The lowest BCUT2D eigenvalue weighted by Crippen LogP contribution is -2.27. The fourth-order valence-electron chi connectivity index (χ4n) is 1.51. The summed E-state index contributed by atoms with van der Waals surface area (Å²) in [6.45, 7) is 1.88. The van der Waals surface area contributed by atoms with Gasteiger partial charge < -0.3 is 9.84 Å². The molecule has 1 fully saturated rings. The summed E-state index contributed by atoms with van der Waals surface area (Å²) in [6, 6.07) is 0. The molecule has 13 heavy (non-hydrogen) atoms. The van der Waals surface area contributed by atoms with Gasteiger partial charge in [-0.25, -0.2) is 0 Å². The van der Waals surface area contributed by atoms with Crippen molar-refractivity contribution in [2.24, 2.45) is 5.92 Å². The average molecular weight is 186 g/mol. The Bertz CT molecular complexity index is 152. The molecule has 1 aliphatic heterocycles. The van der Waals surface area contributed by atoms with Crippen molar-refractivity contribution in [3.05, 3.63) is 0 Å². The molecule has 0 aromatic rings. The van der Waals surface area contributed by atoms with E-state index in [-0.39, 0.29) is 0 Å². The molecule has 0 radical (unpaired) electrons. The van der Waals surface area contributed by atoms with E-state index in [0.29, 0.717) is 6.42 Å². The van der Waals surface area contributed by atoms with Crippen LogP contribution in [-0.2, 0) is 9.53 Å². The van der Waals surface area contributed by atoms with Crippen molar-refractivity contribution in [3.63, 3.8) is 0 Å². The van der Waals surface area contributed by atoms with Gasteiger partial charge in [-0.1, -0.05) is 19.3 Å². The molecule has 0 bridgehead atoms. The first-order chi connectivity index (χ1) is 6.29. The number of aliphatic carboxylic acids is 1. The van der Waals surface area contributed by atoms with Gasteiger partial charge in [-0.2, -0.15) is 0 Å². The Balaban J connectivity index is 1.75. The van der Waals surface area contributed by atoms with E-state index in [9.17, 15) is 4.79 Å². The predicted octanol–water partition coefficient (Wildman–Crippen LogP) is 2.06. The summed E-state index contributed by atoms with van der Waals surface area (Å²) in [7, 11) is 0. The number of hydrogen-bond donors (Lipinski definition) is 1. The summed E-state index contributed by atoms with van der Waals surface area (Å²) in [4.78, 5) is 10.2. The van der Waals surface area contributed by atoms with Crippen molar-refractivity contribution < 1.29 is 14.6 Å². The van der Waals surface area contributed by atoms with Crippen LogP contribution in [0.3, 0.4) is 0 Å². The van der Waals surface area contributed by atoms with Gasteiger partial charge in [0.15, 0.2) is 0 Å². The second kappa shape index (κ2) is 5.97. The number of carboxylic acid groups (broad SMARTS) is 1. The molecule has 0 amide bonds. The molecular weight excluding hydrogens is 168 g/mol. The minimum absolute atomic E-state index is 0.326. The van der Waals surface area contributed by atoms with Crippen LogP contribution in [0.1, 0.15) is 38.5 Å². The first-order valence-corrected chi connectivity index (χ1v) is 5.08. The van der Waals surface area contributed by atoms with Crippen molar-refractivity contribution in [2.45, 2.75) is 38.5 Å². The molecule has 0 saturated carbocycles. The maximum absolute atomic E-state index is 10.2. The smallest absolute Gasteiger partial charge is 0.303 e. The van der Waals surface area contributed by atoms with E-state index >= 15 is 0 Å². The first kappa shape index (κ1) is 10.5. The molecule has 3 nitrogen and oxygen atoms in total. The zero-order valence-corrected chi connectivity index (χ0v) is 8.00. The molecule has 1 aliphatic rings. The van der Waals surface area contributed by atoms with Crippen LogP contribution >= 0.6 is 0 Å². The van der Waals surface area contributed by atoms with Crippen LogP contribution in [0.25, 0.3) is 0 Å². The molecule has 1 saturated heterocycles. The molecule has 76 valence electrons. The normalized spacial score (nSPS) is 16.9. The molecule has 0 spiro atoms. The summed E-state index contributed by atoms with van der Waals surface area (Å²) < 4.78 is 5.07. The summed E-state index contributed by atoms with van der Waals surface area (Å²) in [5, 5.41) is 8.39. The molecule has 1 N–H and O–H groups in total. The molecule has 0 aromatic heterocycles. The maximum Gasteiger partial charge on any atom is 0.303 e. The molecule has 0 aromatic carbocycles. The Morgan fingerprint density at radius 3 is 2.46 bits per heavy atom. The van der Waals surface area contributed by atoms with Crippen molar-refractivity contribution in [1.82, 2.24) is 0 Å². The van der Waals surface area contributed by atoms with Gasteiger partial charge >= 0.3 is 5.97 Å². The lowest BCUT2D eigenvalue weighted by molar-refractivity contribution is -0.137. The van der Waals surface area contributed by atoms with Gasteiger partial charge in [-0.3, -0.25) is 4.79 Å². The first-order valence-electron chi connectivity index (χ1n) is 5.08. The second-order valence-electron chi connectivity index (χ2n) is 3.75. The Hall–Kier alpha value is -0.570. The zero-order chi connectivity index (χ0) is 9.52. The number of carbonyl (C=O) groups is 1. The SMILES string of the molecule is O=C(O)CCCCCCC1COC1. The fourth-order valence-corrected chi connectivity index (χ4v) is 1.51. The highest BCUT2D eigenvalue weighted by Crippen LogP contribution is 2.18. The van der Waals surface area contributed by atoms with E-state index in [1.807, 2.05) is 0 Å². The third-order valence-electron chi connectivity index (χ3n) is 2.46. The van der Waals surface area contributed by atoms with Gasteiger partial charge in [0.25, 0.3) is 0 Å². The summed E-state index contributed by atoms with van der Waals surface area (Å²) in [5.74, 6) is 0.117. The van der Waals surface area contributed by atoms with Gasteiger partial charge in [0.05, 0.1) is 13.2 Å². The van der Waals surface area contributed by atoms with E-state index in [1.165, 1.54) is 19.3 Å². The van der Waals surface area contributed by atoms with Crippen LogP contribution < -0.4 is 0 Å².